The molecule has 0 unspecified atom stereocenters. The lowest BCUT2D eigenvalue weighted by atomic mass is 9.70. The van der Waals surface area contributed by atoms with E-state index in [1.807, 2.05) is 18.2 Å². The molecule has 1 saturated carbocycles. The van der Waals surface area contributed by atoms with Crippen molar-refractivity contribution in [1.29, 1.82) is 0 Å². The van der Waals surface area contributed by atoms with Crippen molar-refractivity contribution in [2.45, 2.75) is 58.2 Å². The van der Waals surface area contributed by atoms with E-state index in [1.165, 1.54) is 5.56 Å². The van der Waals surface area contributed by atoms with E-state index in [-0.39, 0.29) is 11.5 Å². The van der Waals surface area contributed by atoms with Crippen LogP contribution >= 0.6 is 0 Å². The van der Waals surface area contributed by atoms with Gasteiger partial charge in [-0.1, -0.05) is 24.3 Å². The first kappa shape index (κ1) is 18.2. The molecule has 2 aliphatic carbocycles. The first-order valence-electron chi connectivity index (χ1n) is 9.98. The predicted molar refractivity (Wildman–Crippen MR) is 107 cm³/mol. The van der Waals surface area contributed by atoms with Crippen LogP contribution in [0.25, 0.3) is 11.1 Å². The summed E-state index contributed by atoms with van der Waals surface area (Å²) in [5, 5.41) is 0. The molecule has 0 bridgehead atoms. The second kappa shape index (κ2) is 7.12. The number of hydrogen-bond donors (Lipinski definition) is 0. The number of methoxy groups -OCH3 is 1. The average molecular weight is 364 g/mol. The number of hydrogen-bond acceptors (Lipinski definition) is 3. The lowest BCUT2D eigenvalue weighted by Gasteiger charge is -2.36. The van der Waals surface area contributed by atoms with E-state index >= 15 is 0 Å². The third-order valence-electron chi connectivity index (χ3n) is 6.12. The van der Waals surface area contributed by atoms with Gasteiger partial charge in [-0.3, -0.25) is 4.79 Å². The van der Waals surface area contributed by atoms with Gasteiger partial charge in [0.25, 0.3) is 0 Å². The summed E-state index contributed by atoms with van der Waals surface area (Å²) in [6, 6.07) is 14.4. The van der Waals surface area contributed by atoms with E-state index in [0.29, 0.717) is 11.9 Å². The fraction of sp³-hybridized carbons (Fsp3) is 0.458. The molecule has 0 N–H and O–H groups in total. The Morgan fingerprint density at radius 2 is 1.78 bits per heavy atom. The number of benzene rings is 2. The molecule has 0 heterocycles. The Morgan fingerprint density at radius 1 is 1.04 bits per heavy atom. The average Bonchev–Trinajstić information content (AvgIpc) is 2.95. The summed E-state index contributed by atoms with van der Waals surface area (Å²) >= 11 is 0. The van der Waals surface area contributed by atoms with Gasteiger partial charge in [0, 0.05) is 11.0 Å². The van der Waals surface area contributed by atoms with Crippen LogP contribution in [0, 0.1) is 5.41 Å². The third kappa shape index (κ3) is 3.41. The van der Waals surface area contributed by atoms with E-state index in [0.717, 1.165) is 54.5 Å². The maximum atomic E-state index is 13.3. The molecule has 0 aromatic heterocycles. The number of Topliss-reactive ketones (excluding diaryl/α,β-unsaturated/α-hetero) is 1. The van der Waals surface area contributed by atoms with Crippen molar-refractivity contribution in [3.8, 4) is 16.9 Å². The lowest BCUT2D eigenvalue weighted by Crippen LogP contribution is -2.36. The summed E-state index contributed by atoms with van der Waals surface area (Å²) in [6.45, 7) is 4.17. The quantitative estimate of drug-likeness (QED) is 0.723. The van der Waals surface area contributed by atoms with Crippen molar-refractivity contribution in [1.82, 2.24) is 0 Å². The fourth-order valence-electron chi connectivity index (χ4n) is 4.72. The highest BCUT2D eigenvalue weighted by Gasteiger charge is 2.47. The molecule has 0 saturated heterocycles. The van der Waals surface area contributed by atoms with Crippen molar-refractivity contribution in [3.63, 3.8) is 0 Å². The van der Waals surface area contributed by atoms with Crippen molar-refractivity contribution in [3.05, 3.63) is 53.6 Å². The molecule has 4 rings (SSSR count). The normalized spacial score (nSPS) is 24.4. The summed E-state index contributed by atoms with van der Waals surface area (Å²) in [5.41, 5.74) is 4.08. The molecule has 1 fully saturated rings. The third-order valence-corrected chi connectivity index (χ3v) is 6.12. The van der Waals surface area contributed by atoms with Crippen LogP contribution in [0.1, 0.15) is 55.5 Å². The molecular weight excluding hydrogens is 336 g/mol. The van der Waals surface area contributed by atoms with Gasteiger partial charge in [0.15, 0.2) is 5.78 Å². The summed E-state index contributed by atoms with van der Waals surface area (Å²) in [4.78, 5) is 13.3. The number of carbonyl (C=O) groups excluding carboxylic acids is 1. The minimum Gasteiger partial charge on any atom is -0.497 e. The zero-order chi connectivity index (χ0) is 19.0. The highest BCUT2D eigenvalue weighted by molar-refractivity contribution is 6.05. The van der Waals surface area contributed by atoms with Crippen LogP contribution in [-0.4, -0.2) is 25.1 Å². The molecular formula is C24H28O3. The van der Waals surface area contributed by atoms with Gasteiger partial charge in [-0.15, -0.1) is 0 Å². The van der Waals surface area contributed by atoms with Crippen LogP contribution in [0.5, 0.6) is 5.75 Å². The van der Waals surface area contributed by atoms with E-state index in [9.17, 15) is 4.79 Å². The molecule has 0 aliphatic heterocycles. The molecule has 2 aliphatic rings. The van der Waals surface area contributed by atoms with Crippen LogP contribution in [0.2, 0.25) is 0 Å². The highest BCUT2D eigenvalue weighted by atomic mass is 16.5. The van der Waals surface area contributed by atoms with Crippen molar-refractivity contribution in [2.24, 2.45) is 5.41 Å². The highest BCUT2D eigenvalue weighted by Crippen LogP contribution is 2.48. The van der Waals surface area contributed by atoms with Crippen LogP contribution in [-0.2, 0) is 11.2 Å². The number of ether oxygens (including phenoxy) is 2. The maximum Gasteiger partial charge on any atom is 0.169 e. The Kier molecular flexibility index (Phi) is 4.81. The van der Waals surface area contributed by atoms with Gasteiger partial charge < -0.3 is 9.47 Å². The molecule has 2 aromatic rings. The zero-order valence-corrected chi connectivity index (χ0v) is 16.5. The van der Waals surface area contributed by atoms with Gasteiger partial charge >= 0.3 is 0 Å². The standard InChI is InChI=1S/C24H28O3/c1-16(2)27-20-9-11-24(12-10-20)15-19-8-7-18(14-22(19)23(24)25)17-5-4-6-21(13-17)26-3/h4-8,13-14,16,20H,9-12,15H2,1-3H3. The molecule has 27 heavy (non-hydrogen) atoms. The summed E-state index contributed by atoms with van der Waals surface area (Å²) in [7, 11) is 1.68. The van der Waals surface area contributed by atoms with Crippen LogP contribution in [0.15, 0.2) is 42.5 Å². The van der Waals surface area contributed by atoms with Crippen molar-refractivity contribution < 1.29 is 14.3 Å². The van der Waals surface area contributed by atoms with Gasteiger partial charge in [-0.2, -0.15) is 0 Å². The van der Waals surface area contributed by atoms with Crippen molar-refractivity contribution >= 4 is 5.78 Å². The van der Waals surface area contributed by atoms with E-state index < -0.39 is 0 Å². The monoisotopic (exact) mass is 364 g/mol. The van der Waals surface area contributed by atoms with E-state index in [2.05, 4.69) is 38.1 Å². The van der Waals surface area contributed by atoms with Crippen LogP contribution in [0.3, 0.4) is 0 Å². The van der Waals surface area contributed by atoms with Gasteiger partial charge in [0.05, 0.1) is 19.3 Å². The second-order valence-corrected chi connectivity index (χ2v) is 8.27. The number of rotatable bonds is 4. The topological polar surface area (TPSA) is 35.5 Å². The molecule has 3 nitrogen and oxygen atoms in total. The van der Waals surface area contributed by atoms with Crippen LogP contribution < -0.4 is 4.74 Å². The number of ketones is 1. The zero-order valence-electron chi connectivity index (χ0n) is 16.5. The summed E-state index contributed by atoms with van der Waals surface area (Å²) in [6.07, 6.45) is 5.29. The molecule has 142 valence electrons. The Labute approximate surface area is 161 Å². The number of fused-ring (bicyclic) bond motifs is 1. The SMILES string of the molecule is COc1cccc(-c2ccc3c(c2)C(=O)C2(CCC(OC(C)C)CC2)C3)c1. The molecule has 1 spiro atoms. The maximum absolute atomic E-state index is 13.3. The smallest absolute Gasteiger partial charge is 0.169 e. The first-order valence-corrected chi connectivity index (χ1v) is 9.98. The summed E-state index contributed by atoms with van der Waals surface area (Å²) < 4.78 is 11.3. The molecule has 3 heteroatoms. The molecule has 0 atom stereocenters. The van der Waals surface area contributed by atoms with Gasteiger partial charge in [0.2, 0.25) is 0 Å². The lowest BCUT2D eigenvalue weighted by molar-refractivity contribution is -0.0298. The predicted octanol–water partition coefficient (Wildman–Crippen LogP) is 5.46. The Morgan fingerprint density at radius 3 is 2.48 bits per heavy atom. The Balaban J connectivity index is 1.57. The number of carbonyl (C=O) groups is 1. The molecule has 0 radical (unpaired) electrons. The van der Waals surface area contributed by atoms with E-state index in [4.69, 9.17) is 9.47 Å². The van der Waals surface area contributed by atoms with Gasteiger partial charge in [0.1, 0.15) is 5.75 Å². The summed E-state index contributed by atoms with van der Waals surface area (Å²) in [5.74, 6) is 1.17. The molecule has 0 amide bonds. The minimum absolute atomic E-state index is 0.202. The largest absolute Gasteiger partial charge is 0.497 e. The minimum atomic E-state index is -0.202. The van der Waals surface area contributed by atoms with Gasteiger partial charge in [-0.25, -0.2) is 0 Å². The van der Waals surface area contributed by atoms with Crippen molar-refractivity contribution in [2.75, 3.05) is 7.11 Å². The molecule has 2 aromatic carbocycles. The van der Waals surface area contributed by atoms with E-state index in [1.54, 1.807) is 7.11 Å². The Bertz CT molecular complexity index is 844. The second-order valence-electron chi connectivity index (χ2n) is 8.27. The fourth-order valence-corrected chi connectivity index (χ4v) is 4.72. The Hall–Kier alpha value is -2.13. The van der Waals surface area contributed by atoms with Crippen LogP contribution in [0.4, 0.5) is 0 Å². The van der Waals surface area contributed by atoms with Gasteiger partial charge in [-0.05, 0) is 80.8 Å². The first-order chi connectivity index (χ1) is 13.0.